The van der Waals surface area contributed by atoms with Crippen LogP contribution in [0.5, 0.6) is 5.75 Å². The van der Waals surface area contributed by atoms with Crippen molar-refractivity contribution < 1.29 is 9.53 Å². The lowest BCUT2D eigenvalue weighted by Gasteiger charge is -2.18. The van der Waals surface area contributed by atoms with Gasteiger partial charge in [-0.2, -0.15) is 4.68 Å². The van der Waals surface area contributed by atoms with Crippen molar-refractivity contribution in [1.29, 1.82) is 0 Å². The number of para-hydroxylation sites is 2. The van der Waals surface area contributed by atoms with E-state index in [2.05, 4.69) is 45.1 Å². The first-order valence-electron chi connectivity index (χ1n) is 10.2. The number of hydrogen-bond acceptors (Lipinski definition) is 7. The predicted molar refractivity (Wildman–Crippen MR) is 127 cm³/mol. The number of aromatic nitrogens is 4. The fourth-order valence-corrected chi connectivity index (χ4v) is 4.69. The van der Waals surface area contributed by atoms with Crippen LogP contribution < -0.4 is 10.1 Å². The molecule has 0 aliphatic rings. The van der Waals surface area contributed by atoms with Crippen molar-refractivity contribution in [3.8, 4) is 11.4 Å². The summed E-state index contributed by atoms with van der Waals surface area (Å²) in [7, 11) is 0. The molecule has 2 aromatic heterocycles. The number of carbonyl (C=O) groups is 1. The fraction of sp³-hybridized carbons (Fsp3) is 0.217. The van der Waals surface area contributed by atoms with Crippen molar-refractivity contribution in [3.05, 3.63) is 82.0 Å². The highest BCUT2D eigenvalue weighted by Gasteiger charge is 2.20. The summed E-state index contributed by atoms with van der Waals surface area (Å²) in [6.07, 6.45) is 0. The Balaban J connectivity index is 1.47. The number of nitrogens with zero attached hydrogens (tertiary/aromatic N) is 4. The van der Waals surface area contributed by atoms with Crippen molar-refractivity contribution in [1.82, 2.24) is 25.5 Å². The molecule has 1 atom stereocenters. The molecule has 1 N–H and O–H groups in total. The summed E-state index contributed by atoms with van der Waals surface area (Å²) < 4.78 is 7.29. The van der Waals surface area contributed by atoms with Crippen LogP contribution >= 0.6 is 23.1 Å². The molecule has 0 saturated carbocycles. The van der Waals surface area contributed by atoms with Crippen molar-refractivity contribution in [2.45, 2.75) is 25.0 Å². The first kappa shape index (κ1) is 22.0. The zero-order valence-electron chi connectivity index (χ0n) is 17.8. The van der Waals surface area contributed by atoms with E-state index in [1.54, 1.807) is 16.0 Å². The third kappa shape index (κ3) is 5.17. The summed E-state index contributed by atoms with van der Waals surface area (Å²) in [5, 5.41) is 17.7. The third-order valence-corrected chi connectivity index (χ3v) is 6.57. The van der Waals surface area contributed by atoms with Gasteiger partial charge in [0.1, 0.15) is 11.4 Å². The average molecular weight is 466 g/mol. The first-order chi connectivity index (χ1) is 15.7. The highest BCUT2D eigenvalue weighted by atomic mass is 32.2. The van der Waals surface area contributed by atoms with Gasteiger partial charge in [-0.3, -0.25) is 4.79 Å². The van der Waals surface area contributed by atoms with Gasteiger partial charge in [0.15, 0.2) is 0 Å². The number of tetrazole rings is 1. The van der Waals surface area contributed by atoms with Crippen LogP contribution in [0.4, 0.5) is 0 Å². The number of hydrogen-bond donors (Lipinski definition) is 1. The molecule has 0 spiro atoms. The van der Waals surface area contributed by atoms with E-state index in [1.165, 1.54) is 17.3 Å². The summed E-state index contributed by atoms with van der Waals surface area (Å²) in [6.45, 7) is 4.51. The molecule has 4 aromatic rings. The van der Waals surface area contributed by atoms with Gasteiger partial charge < -0.3 is 10.1 Å². The molecule has 1 unspecified atom stereocenters. The lowest BCUT2D eigenvalue weighted by molar-refractivity contribution is -0.119. The monoisotopic (exact) mass is 465 g/mol. The molecule has 4 rings (SSSR count). The predicted octanol–water partition coefficient (Wildman–Crippen LogP) is 4.43. The number of thioether (sulfide) groups is 1. The summed E-state index contributed by atoms with van der Waals surface area (Å²) in [4.78, 5) is 14.0. The molecule has 1 amide bonds. The second kappa shape index (κ2) is 10.4. The Kier molecular flexibility index (Phi) is 7.18. The second-order valence-electron chi connectivity index (χ2n) is 6.99. The van der Waals surface area contributed by atoms with Gasteiger partial charge in [-0.05, 0) is 53.4 Å². The number of nitrogens with one attached hydrogen (secondary N) is 1. The molecular formula is C23H23N5O2S2. The van der Waals surface area contributed by atoms with Gasteiger partial charge in [0.25, 0.3) is 0 Å². The molecule has 7 nitrogen and oxygen atoms in total. The van der Waals surface area contributed by atoms with Crippen LogP contribution in [-0.4, -0.2) is 38.5 Å². The maximum Gasteiger partial charge on any atom is 0.231 e. The average Bonchev–Trinajstić information content (AvgIpc) is 3.50. The van der Waals surface area contributed by atoms with Crippen LogP contribution in [0.1, 0.15) is 29.0 Å². The topological polar surface area (TPSA) is 81.9 Å². The summed E-state index contributed by atoms with van der Waals surface area (Å²) in [5.41, 5.74) is 2.96. The highest BCUT2D eigenvalue weighted by molar-refractivity contribution is 7.99. The van der Waals surface area contributed by atoms with Crippen LogP contribution in [0.3, 0.4) is 0 Å². The summed E-state index contributed by atoms with van der Waals surface area (Å²) in [6, 6.07) is 19.6. The molecule has 2 heterocycles. The number of thiophene rings is 1. The number of aryl methyl sites for hydroxylation is 1. The number of amides is 1. The minimum Gasteiger partial charge on any atom is -0.492 e. The maximum atomic E-state index is 12.9. The third-order valence-electron chi connectivity index (χ3n) is 4.71. The molecule has 32 heavy (non-hydrogen) atoms. The number of carbonyl (C=O) groups excluding carboxylic acids is 1. The van der Waals surface area contributed by atoms with Crippen LogP contribution in [0.2, 0.25) is 0 Å². The van der Waals surface area contributed by atoms with Crippen molar-refractivity contribution in [2.24, 2.45) is 0 Å². The quantitative estimate of drug-likeness (QED) is 0.368. The van der Waals surface area contributed by atoms with Crippen LogP contribution in [-0.2, 0) is 4.79 Å². The molecule has 2 aromatic carbocycles. The Morgan fingerprint density at radius 1 is 1.16 bits per heavy atom. The van der Waals surface area contributed by atoms with Gasteiger partial charge in [-0.1, -0.05) is 59.8 Å². The normalized spacial score (nSPS) is 11.8. The Morgan fingerprint density at radius 3 is 2.72 bits per heavy atom. The van der Waals surface area contributed by atoms with Crippen LogP contribution in [0.25, 0.3) is 5.69 Å². The molecular weight excluding hydrogens is 442 g/mol. The first-order valence-corrected chi connectivity index (χ1v) is 12.0. The second-order valence-corrected chi connectivity index (χ2v) is 8.91. The minimum atomic E-state index is -0.196. The van der Waals surface area contributed by atoms with E-state index >= 15 is 0 Å². The standard InChI is InChI=1S/C23H23N5O2S2/c1-3-30-19-8-5-4-7-18(19)28-23(25-26-27-28)32-15-21(29)24-22(20-9-6-14-31-20)17-12-10-16(2)11-13-17/h4-14,22H,3,15H2,1-2H3,(H,24,29). The van der Waals surface area contributed by atoms with E-state index in [0.717, 1.165) is 16.1 Å². The molecule has 0 aliphatic heterocycles. The minimum absolute atomic E-state index is 0.0957. The van der Waals surface area contributed by atoms with E-state index in [4.69, 9.17) is 4.74 Å². The van der Waals surface area contributed by atoms with Gasteiger partial charge >= 0.3 is 0 Å². The molecule has 0 saturated heterocycles. The van der Waals surface area contributed by atoms with Gasteiger partial charge in [-0.25, -0.2) is 0 Å². The Morgan fingerprint density at radius 2 is 1.97 bits per heavy atom. The van der Waals surface area contributed by atoms with Gasteiger partial charge in [0.05, 0.1) is 18.4 Å². The molecule has 0 aliphatic carbocycles. The fourth-order valence-electron chi connectivity index (χ4n) is 3.20. The lowest BCUT2D eigenvalue weighted by atomic mass is 10.0. The van der Waals surface area contributed by atoms with Gasteiger partial charge in [-0.15, -0.1) is 16.4 Å². The van der Waals surface area contributed by atoms with E-state index in [9.17, 15) is 4.79 Å². The Bertz CT molecular complexity index is 1160. The summed E-state index contributed by atoms with van der Waals surface area (Å²) in [5.74, 6) is 0.776. The van der Waals surface area contributed by atoms with Crippen molar-refractivity contribution >= 4 is 29.0 Å². The molecule has 164 valence electrons. The van der Waals surface area contributed by atoms with E-state index in [0.29, 0.717) is 17.5 Å². The van der Waals surface area contributed by atoms with E-state index in [-0.39, 0.29) is 17.7 Å². The summed E-state index contributed by atoms with van der Waals surface area (Å²) >= 11 is 2.90. The Labute approximate surface area is 194 Å². The smallest absolute Gasteiger partial charge is 0.231 e. The highest BCUT2D eigenvalue weighted by Crippen LogP contribution is 2.28. The van der Waals surface area contributed by atoms with Gasteiger partial charge in [0.2, 0.25) is 11.1 Å². The number of rotatable bonds is 9. The van der Waals surface area contributed by atoms with Crippen LogP contribution in [0, 0.1) is 6.92 Å². The SMILES string of the molecule is CCOc1ccccc1-n1nnnc1SCC(=O)NC(c1ccc(C)cc1)c1cccs1. The lowest BCUT2D eigenvalue weighted by Crippen LogP contribution is -2.30. The molecule has 0 bridgehead atoms. The zero-order chi connectivity index (χ0) is 22.3. The number of benzene rings is 2. The maximum absolute atomic E-state index is 12.9. The largest absolute Gasteiger partial charge is 0.492 e. The van der Waals surface area contributed by atoms with Crippen LogP contribution in [0.15, 0.2) is 71.2 Å². The van der Waals surface area contributed by atoms with Crippen molar-refractivity contribution in [3.63, 3.8) is 0 Å². The Hall–Kier alpha value is -3.17. The van der Waals surface area contributed by atoms with E-state index < -0.39 is 0 Å². The molecule has 9 heteroatoms. The van der Waals surface area contributed by atoms with E-state index in [1.807, 2.05) is 55.6 Å². The van der Waals surface area contributed by atoms with Crippen molar-refractivity contribution in [2.75, 3.05) is 12.4 Å². The molecule has 0 fully saturated rings. The molecule has 0 radical (unpaired) electrons. The zero-order valence-corrected chi connectivity index (χ0v) is 19.4. The van der Waals surface area contributed by atoms with Gasteiger partial charge in [0, 0.05) is 4.88 Å². The number of ether oxygens (including phenoxy) is 1.